The van der Waals surface area contributed by atoms with E-state index < -0.39 is 97.5 Å². The summed E-state index contributed by atoms with van der Waals surface area (Å²) in [6, 6.07) is 0. The van der Waals surface area contributed by atoms with Gasteiger partial charge in [0.05, 0.1) is 26.4 Å². The van der Waals surface area contributed by atoms with Crippen molar-refractivity contribution in [2.45, 2.75) is 457 Å². The van der Waals surface area contributed by atoms with Gasteiger partial charge in [-0.3, -0.25) is 37.3 Å². The number of hydrogen-bond donors (Lipinski definition) is 3. The number of carbonyl (C=O) groups excluding carboxylic acids is 4. The fraction of sp³-hybridized carbons (Fsp3) is 0.951. The Kier molecular flexibility index (Phi) is 73.8. The van der Waals surface area contributed by atoms with E-state index >= 15 is 0 Å². The first kappa shape index (κ1) is 98.1. The van der Waals surface area contributed by atoms with E-state index in [1.165, 1.54) is 270 Å². The van der Waals surface area contributed by atoms with E-state index in [2.05, 4.69) is 27.7 Å². The van der Waals surface area contributed by atoms with Gasteiger partial charge in [0.1, 0.15) is 19.3 Å². The van der Waals surface area contributed by atoms with Crippen LogP contribution in [0.5, 0.6) is 0 Å². The Morgan fingerprint density at radius 2 is 0.400 bits per heavy atom. The molecule has 0 heterocycles. The quantitative estimate of drug-likeness (QED) is 0.0222. The number of unbranched alkanes of at least 4 members (excludes halogenated alkanes) is 56. The minimum Gasteiger partial charge on any atom is -0.462 e. The molecule has 0 saturated heterocycles. The Morgan fingerprint density at radius 3 is 0.590 bits per heavy atom. The van der Waals surface area contributed by atoms with E-state index in [9.17, 15) is 43.2 Å². The smallest absolute Gasteiger partial charge is 0.462 e. The fourth-order valence-corrected chi connectivity index (χ4v) is 14.2. The Morgan fingerprint density at radius 1 is 0.240 bits per heavy atom. The number of aliphatic hydroxyl groups excluding tert-OH is 1. The molecule has 5 atom stereocenters. The normalized spacial score (nSPS) is 13.8. The number of rotatable bonds is 82. The van der Waals surface area contributed by atoms with Crippen LogP contribution in [-0.2, 0) is 65.4 Å². The number of carbonyl (C=O) groups is 4. The first-order chi connectivity index (χ1) is 48.7. The van der Waals surface area contributed by atoms with Crippen LogP contribution in [0.4, 0.5) is 0 Å². The molecule has 0 radical (unpaired) electrons. The molecule has 0 amide bonds. The maximum absolute atomic E-state index is 13.1. The molecule has 3 N–H and O–H groups in total. The van der Waals surface area contributed by atoms with E-state index in [1.807, 2.05) is 0 Å². The summed E-state index contributed by atoms with van der Waals surface area (Å²) in [7, 11) is -9.92. The van der Waals surface area contributed by atoms with Gasteiger partial charge in [0.15, 0.2) is 12.2 Å². The van der Waals surface area contributed by atoms with Gasteiger partial charge < -0.3 is 33.8 Å². The molecule has 100 heavy (non-hydrogen) atoms. The number of phosphoric acid groups is 2. The Labute approximate surface area is 613 Å². The molecule has 0 bridgehead atoms. The highest BCUT2D eigenvalue weighted by atomic mass is 31.2. The minimum absolute atomic E-state index is 0.108. The second kappa shape index (κ2) is 75.3. The van der Waals surface area contributed by atoms with Crippen molar-refractivity contribution < 1.29 is 80.2 Å². The van der Waals surface area contributed by atoms with Crippen LogP contribution in [0.3, 0.4) is 0 Å². The number of esters is 4. The number of aliphatic hydroxyl groups is 1. The number of hydrogen-bond acceptors (Lipinski definition) is 15. The van der Waals surface area contributed by atoms with Crippen LogP contribution in [0.15, 0.2) is 0 Å². The predicted molar refractivity (Wildman–Crippen MR) is 409 cm³/mol. The van der Waals surface area contributed by atoms with Crippen LogP contribution in [0.2, 0.25) is 0 Å². The summed E-state index contributed by atoms with van der Waals surface area (Å²) in [5, 5.41) is 10.6. The largest absolute Gasteiger partial charge is 0.472 e. The third-order valence-corrected chi connectivity index (χ3v) is 21.0. The second-order valence-corrected chi connectivity index (χ2v) is 32.1. The van der Waals surface area contributed by atoms with Crippen molar-refractivity contribution >= 4 is 39.5 Å². The van der Waals surface area contributed by atoms with Gasteiger partial charge in [-0.05, 0) is 25.7 Å². The maximum atomic E-state index is 13.1. The fourth-order valence-electron chi connectivity index (χ4n) is 12.6. The van der Waals surface area contributed by atoms with Crippen LogP contribution in [0.1, 0.15) is 439 Å². The molecule has 0 aliphatic carbocycles. The summed E-state index contributed by atoms with van der Waals surface area (Å²) in [5.74, 6) is -2.10. The first-order valence-corrected chi connectivity index (χ1v) is 45.3. The van der Waals surface area contributed by atoms with Crippen LogP contribution in [-0.4, -0.2) is 96.7 Å². The third-order valence-electron chi connectivity index (χ3n) is 19.1. The molecule has 17 nitrogen and oxygen atoms in total. The Hall–Kier alpha value is -1.94. The van der Waals surface area contributed by atoms with Crippen molar-refractivity contribution in [1.29, 1.82) is 0 Å². The van der Waals surface area contributed by atoms with Crippen molar-refractivity contribution in [1.82, 2.24) is 0 Å². The highest BCUT2D eigenvalue weighted by Crippen LogP contribution is 2.45. The lowest BCUT2D eigenvalue weighted by atomic mass is 10.0. The zero-order chi connectivity index (χ0) is 73.2. The van der Waals surface area contributed by atoms with Crippen LogP contribution < -0.4 is 0 Å². The molecule has 594 valence electrons. The number of phosphoric ester groups is 2. The van der Waals surface area contributed by atoms with Gasteiger partial charge in [-0.1, -0.05) is 387 Å². The molecule has 0 spiro atoms. The van der Waals surface area contributed by atoms with Crippen molar-refractivity contribution in [3.63, 3.8) is 0 Å². The standard InChI is InChI=1S/C81H158O17P2/c1-5-9-13-17-21-25-29-33-35-36-37-38-39-40-42-44-48-52-56-60-64-68-81(86)98-77(72-92-79(84)66-62-58-54-50-47-43-41-34-30-26-22-18-14-10-6-2)74-96-100(89,90)94-70-75(82)69-93-99(87,88)95-73-76(97-80(85)67-63-59-55-51-46-32-28-24-20-16-12-8-4)71-91-78(83)65-61-57-53-49-45-31-27-23-19-15-11-7-3/h75-77,82H,5-74H2,1-4H3,(H,87,88)(H,89,90)/t75-,76+,77+/m0/s1. The molecule has 0 aliphatic heterocycles. The van der Waals surface area contributed by atoms with Gasteiger partial charge in [0.25, 0.3) is 0 Å². The van der Waals surface area contributed by atoms with Crippen molar-refractivity contribution in [3.8, 4) is 0 Å². The lowest BCUT2D eigenvalue weighted by molar-refractivity contribution is -0.161. The molecule has 0 aromatic rings. The van der Waals surface area contributed by atoms with Crippen molar-refractivity contribution in [2.75, 3.05) is 39.6 Å². The summed E-state index contributed by atoms with van der Waals surface area (Å²) in [6.45, 7) is 5.03. The zero-order valence-electron chi connectivity index (χ0n) is 65.2. The van der Waals surface area contributed by atoms with E-state index in [0.717, 1.165) is 89.9 Å². The van der Waals surface area contributed by atoms with E-state index in [0.29, 0.717) is 25.7 Å². The molecule has 0 saturated carbocycles. The molecular weight excluding hydrogens is 1310 g/mol. The maximum Gasteiger partial charge on any atom is 0.472 e. The van der Waals surface area contributed by atoms with Crippen LogP contribution in [0, 0.1) is 0 Å². The van der Waals surface area contributed by atoms with Crippen LogP contribution in [0.25, 0.3) is 0 Å². The summed E-state index contributed by atoms with van der Waals surface area (Å²) in [5.41, 5.74) is 0. The minimum atomic E-state index is -4.96. The van der Waals surface area contributed by atoms with Gasteiger partial charge in [0, 0.05) is 25.7 Å². The molecular formula is C81H158O17P2. The van der Waals surface area contributed by atoms with Gasteiger partial charge >= 0.3 is 39.5 Å². The molecule has 0 fully saturated rings. The average Bonchev–Trinajstić information content (AvgIpc) is 0.937. The average molecular weight is 1470 g/mol. The molecule has 0 aliphatic rings. The monoisotopic (exact) mass is 1470 g/mol. The molecule has 0 aromatic carbocycles. The first-order valence-electron chi connectivity index (χ1n) is 42.3. The molecule has 0 rings (SSSR count). The van der Waals surface area contributed by atoms with Crippen molar-refractivity contribution in [2.24, 2.45) is 0 Å². The SMILES string of the molecule is CCCCCCCCCCCCCCCCCCCCCCCC(=O)O[C@H](COC(=O)CCCCCCCCCCCCCCCCC)COP(=O)(O)OC[C@@H](O)COP(=O)(O)OC[C@@H](COC(=O)CCCCCCCCCCCCCC)OC(=O)CCCCCCCCCCCCCC. The van der Waals surface area contributed by atoms with Crippen LogP contribution >= 0.6 is 15.6 Å². The Bertz CT molecular complexity index is 1890. The van der Waals surface area contributed by atoms with Gasteiger partial charge in [0.2, 0.25) is 0 Å². The van der Waals surface area contributed by atoms with Gasteiger partial charge in [-0.2, -0.15) is 0 Å². The number of ether oxygens (including phenoxy) is 4. The molecule has 2 unspecified atom stereocenters. The van der Waals surface area contributed by atoms with Crippen molar-refractivity contribution in [3.05, 3.63) is 0 Å². The lowest BCUT2D eigenvalue weighted by Gasteiger charge is -2.21. The highest BCUT2D eigenvalue weighted by molar-refractivity contribution is 7.47. The van der Waals surface area contributed by atoms with Gasteiger partial charge in [-0.25, -0.2) is 9.13 Å². The predicted octanol–water partition coefficient (Wildman–Crippen LogP) is 24.6. The highest BCUT2D eigenvalue weighted by Gasteiger charge is 2.30. The summed E-state index contributed by atoms with van der Waals surface area (Å²) in [6.07, 6.45) is 67.9. The second-order valence-electron chi connectivity index (χ2n) is 29.2. The van der Waals surface area contributed by atoms with E-state index in [-0.39, 0.29) is 25.7 Å². The third kappa shape index (κ3) is 74.3. The Balaban J connectivity index is 5.22. The zero-order valence-corrected chi connectivity index (χ0v) is 67.0. The van der Waals surface area contributed by atoms with E-state index in [1.54, 1.807) is 0 Å². The summed E-state index contributed by atoms with van der Waals surface area (Å²) in [4.78, 5) is 73.0. The summed E-state index contributed by atoms with van der Waals surface area (Å²) < 4.78 is 68.7. The lowest BCUT2D eigenvalue weighted by Crippen LogP contribution is -2.30. The summed E-state index contributed by atoms with van der Waals surface area (Å²) >= 11 is 0. The van der Waals surface area contributed by atoms with E-state index in [4.69, 9.17) is 37.0 Å². The van der Waals surface area contributed by atoms with Gasteiger partial charge in [-0.15, -0.1) is 0 Å². The molecule has 19 heteroatoms. The topological polar surface area (TPSA) is 237 Å². The molecule has 0 aromatic heterocycles.